The Morgan fingerprint density at radius 3 is 2.75 bits per heavy atom. The summed E-state index contributed by atoms with van der Waals surface area (Å²) in [6, 6.07) is 12.8. The zero-order valence-corrected chi connectivity index (χ0v) is 14.2. The minimum Gasteiger partial charge on any atom is -0.326 e. The lowest BCUT2D eigenvalue weighted by Gasteiger charge is -2.06. The van der Waals surface area contributed by atoms with Crippen molar-refractivity contribution in [2.75, 3.05) is 10.6 Å². The third-order valence-electron chi connectivity index (χ3n) is 3.49. The smallest absolute Gasteiger partial charge is 0.257 e. The molecule has 3 aromatic rings. The molecule has 1 heterocycles. The monoisotopic (exact) mass is 339 g/mol. The zero-order chi connectivity index (χ0) is 17.1. The molecule has 0 aliphatic heterocycles. The fraction of sp³-hybridized carbons (Fsp3) is 0.167. The average molecular weight is 339 g/mol. The largest absolute Gasteiger partial charge is 0.326 e. The predicted molar refractivity (Wildman–Crippen MR) is 97.7 cm³/mol. The number of carbonyl (C=O) groups excluding carboxylic acids is 2. The van der Waals surface area contributed by atoms with E-state index < -0.39 is 0 Å². The Morgan fingerprint density at radius 1 is 1.12 bits per heavy atom. The molecule has 0 radical (unpaired) electrons. The van der Waals surface area contributed by atoms with Crippen LogP contribution in [0.3, 0.4) is 0 Å². The first-order valence-corrected chi connectivity index (χ1v) is 8.45. The molecular weight excluding hydrogens is 322 g/mol. The van der Waals surface area contributed by atoms with Crippen molar-refractivity contribution in [1.29, 1.82) is 0 Å². The molecule has 0 atom stereocenters. The van der Waals surface area contributed by atoms with Crippen LogP contribution in [-0.4, -0.2) is 16.8 Å². The van der Waals surface area contributed by atoms with Crippen molar-refractivity contribution in [1.82, 2.24) is 4.98 Å². The van der Waals surface area contributed by atoms with Crippen LogP contribution in [0.15, 0.2) is 42.5 Å². The first-order valence-electron chi connectivity index (χ1n) is 7.63. The van der Waals surface area contributed by atoms with E-state index in [0.29, 0.717) is 22.8 Å². The SMILES string of the molecule is CCC(=O)Nc1cccc(C(=O)Nc2nc3ccc(C)cc3s2)c1. The van der Waals surface area contributed by atoms with Crippen LogP contribution < -0.4 is 10.6 Å². The Hall–Kier alpha value is -2.73. The van der Waals surface area contributed by atoms with E-state index in [2.05, 4.69) is 15.6 Å². The van der Waals surface area contributed by atoms with Gasteiger partial charge in [0.05, 0.1) is 10.2 Å². The Morgan fingerprint density at radius 2 is 1.96 bits per heavy atom. The van der Waals surface area contributed by atoms with Gasteiger partial charge in [0.25, 0.3) is 5.91 Å². The van der Waals surface area contributed by atoms with Gasteiger partial charge >= 0.3 is 0 Å². The summed E-state index contributed by atoms with van der Waals surface area (Å²) >= 11 is 1.44. The molecule has 2 amide bonds. The van der Waals surface area contributed by atoms with Crippen molar-refractivity contribution in [3.8, 4) is 0 Å². The number of hydrogen-bond acceptors (Lipinski definition) is 4. The lowest BCUT2D eigenvalue weighted by Crippen LogP contribution is -2.13. The van der Waals surface area contributed by atoms with Gasteiger partial charge in [-0.25, -0.2) is 4.98 Å². The second-order valence-corrected chi connectivity index (χ2v) is 6.46. The van der Waals surface area contributed by atoms with Crippen LogP contribution >= 0.6 is 11.3 Å². The van der Waals surface area contributed by atoms with Crippen LogP contribution in [0.2, 0.25) is 0 Å². The molecule has 0 saturated heterocycles. The first kappa shape index (κ1) is 16.1. The minimum atomic E-state index is -0.252. The van der Waals surface area contributed by atoms with Gasteiger partial charge in [-0.15, -0.1) is 0 Å². The van der Waals surface area contributed by atoms with Gasteiger partial charge < -0.3 is 5.32 Å². The molecule has 24 heavy (non-hydrogen) atoms. The van der Waals surface area contributed by atoms with Gasteiger partial charge in [0.15, 0.2) is 5.13 Å². The number of hydrogen-bond donors (Lipinski definition) is 2. The Balaban J connectivity index is 1.78. The summed E-state index contributed by atoms with van der Waals surface area (Å²) in [5.41, 5.74) is 3.10. The maximum absolute atomic E-state index is 12.4. The number of amides is 2. The molecule has 0 bridgehead atoms. The molecule has 0 spiro atoms. The summed E-state index contributed by atoms with van der Waals surface area (Å²) in [5, 5.41) is 6.12. The number of anilines is 2. The van der Waals surface area contributed by atoms with E-state index in [1.165, 1.54) is 11.3 Å². The second kappa shape index (κ2) is 6.80. The number of nitrogens with zero attached hydrogens (tertiary/aromatic N) is 1. The van der Waals surface area contributed by atoms with Crippen molar-refractivity contribution in [3.63, 3.8) is 0 Å². The van der Waals surface area contributed by atoms with E-state index in [1.807, 2.05) is 25.1 Å². The first-order chi connectivity index (χ1) is 11.5. The fourth-order valence-corrected chi connectivity index (χ4v) is 3.20. The van der Waals surface area contributed by atoms with E-state index in [-0.39, 0.29) is 11.8 Å². The summed E-state index contributed by atoms with van der Waals surface area (Å²) in [6.45, 7) is 3.80. The van der Waals surface area contributed by atoms with Crippen molar-refractivity contribution in [2.24, 2.45) is 0 Å². The maximum Gasteiger partial charge on any atom is 0.257 e. The molecule has 1 aromatic heterocycles. The molecule has 5 nitrogen and oxygen atoms in total. The summed E-state index contributed by atoms with van der Waals surface area (Å²) < 4.78 is 1.04. The van der Waals surface area contributed by atoms with E-state index in [9.17, 15) is 9.59 Å². The van der Waals surface area contributed by atoms with Gasteiger partial charge in [0.1, 0.15) is 0 Å². The van der Waals surface area contributed by atoms with Gasteiger partial charge in [0, 0.05) is 17.7 Å². The number of thiazole rings is 1. The molecule has 2 N–H and O–H groups in total. The second-order valence-electron chi connectivity index (χ2n) is 5.43. The maximum atomic E-state index is 12.4. The molecule has 122 valence electrons. The van der Waals surface area contributed by atoms with Crippen LogP contribution in [0, 0.1) is 6.92 Å². The zero-order valence-electron chi connectivity index (χ0n) is 13.4. The van der Waals surface area contributed by atoms with Gasteiger partial charge in [-0.1, -0.05) is 30.4 Å². The summed E-state index contributed by atoms with van der Waals surface area (Å²) in [6.07, 6.45) is 0.390. The van der Waals surface area contributed by atoms with Crippen molar-refractivity contribution in [2.45, 2.75) is 20.3 Å². The number of rotatable bonds is 4. The molecule has 3 rings (SSSR count). The highest BCUT2D eigenvalue weighted by molar-refractivity contribution is 7.22. The van der Waals surface area contributed by atoms with Crippen molar-refractivity contribution in [3.05, 3.63) is 53.6 Å². The highest BCUT2D eigenvalue weighted by atomic mass is 32.1. The number of aryl methyl sites for hydroxylation is 1. The van der Waals surface area contributed by atoms with E-state index in [1.54, 1.807) is 31.2 Å². The summed E-state index contributed by atoms with van der Waals surface area (Å²) in [7, 11) is 0. The lowest BCUT2D eigenvalue weighted by atomic mass is 10.2. The predicted octanol–water partition coefficient (Wildman–Crippen LogP) is 4.21. The summed E-state index contributed by atoms with van der Waals surface area (Å²) in [5.74, 6) is -0.340. The van der Waals surface area contributed by atoms with Gasteiger partial charge in [-0.3, -0.25) is 14.9 Å². The molecule has 0 fully saturated rings. The molecule has 0 saturated carbocycles. The van der Waals surface area contributed by atoms with Gasteiger partial charge in [-0.05, 0) is 42.8 Å². The molecule has 0 aliphatic carbocycles. The highest BCUT2D eigenvalue weighted by Crippen LogP contribution is 2.27. The standard InChI is InChI=1S/C18H17N3O2S/c1-3-16(22)19-13-6-4-5-12(10-13)17(23)21-18-20-14-8-7-11(2)9-15(14)24-18/h4-10H,3H2,1-2H3,(H,19,22)(H,20,21,23). The number of nitrogens with one attached hydrogen (secondary N) is 2. The number of aromatic nitrogens is 1. The quantitative estimate of drug-likeness (QED) is 0.748. The Kier molecular flexibility index (Phi) is 4.57. The van der Waals surface area contributed by atoms with Crippen LogP contribution in [0.5, 0.6) is 0 Å². The van der Waals surface area contributed by atoms with E-state index in [4.69, 9.17) is 0 Å². The summed E-state index contributed by atoms with van der Waals surface area (Å²) in [4.78, 5) is 28.3. The highest BCUT2D eigenvalue weighted by Gasteiger charge is 2.11. The molecule has 0 unspecified atom stereocenters. The third kappa shape index (κ3) is 3.60. The van der Waals surface area contributed by atoms with Crippen LogP contribution in [0.25, 0.3) is 10.2 Å². The van der Waals surface area contributed by atoms with E-state index in [0.717, 1.165) is 15.8 Å². The minimum absolute atomic E-state index is 0.0888. The topological polar surface area (TPSA) is 71.1 Å². The molecular formula is C18H17N3O2S. The van der Waals surface area contributed by atoms with Crippen molar-refractivity contribution < 1.29 is 9.59 Å². The third-order valence-corrected chi connectivity index (χ3v) is 4.43. The molecule has 2 aromatic carbocycles. The van der Waals surface area contributed by atoms with Crippen LogP contribution in [0.4, 0.5) is 10.8 Å². The number of benzene rings is 2. The molecule has 0 aliphatic rings. The van der Waals surface area contributed by atoms with Crippen LogP contribution in [0.1, 0.15) is 29.3 Å². The number of fused-ring (bicyclic) bond motifs is 1. The lowest BCUT2D eigenvalue weighted by molar-refractivity contribution is -0.115. The molecule has 6 heteroatoms. The van der Waals surface area contributed by atoms with Crippen molar-refractivity contribution >= 4 is 44.2 Å². The van der Waals surface area contributed by atoms with Gasteiger partial charge in [-0.2, -0.15) is 0 Å². The number of carbonyl (C=O) groups is 2. The van der Waals surface area contributed by atoms with E-state index >= 15 is 0 Å². The fourth-order valence-electron chi connectivity index (χ4n) is 2.24. The normalized spacial score (nSPS) is 10.6. The van der Waals surface area contributed by atoms with Crippen LogP contribution in [-0.2, 0) is 4.79 Å². The Labute approximate surface area is 143 Å². The van der Waals surface area contributed by atoms with Gasteiger partial charge in [0.2, 0.25) is 5.91 Å². The average Bonchev–Trinajstić information content (AvgIpc) is 2.96. The Bertz CT molecular complexity index is 918.